The van der Waals surface area contributed by atoms with E-state index in [9.17, 15) is 8.78 Å². The number of ether oxygens (including phenoxy) is 1. The Morgan fingerprint density at radius 2 is 1.58 bits per heavy atom. The van der Waals surface area contributed by atoms with E-state index < -0.39 is 5.82 Å². The summed E-state index contributed by atoms with van der Waals surface area (Å²) in [5, 5.41) is 0.0478. The molecule has 2 aliphatic rings. The Hall–Kier alpha value is -3.04. The molecule has 0 atom stereocenters. The number of pyridine rings is 1. The summed E-state index contributed by atoms with van der Waals surface area (Å²) in [6, 6.07) is 9.49. The van der Waals surface area contributed by atoms with Crippen molar-refractivity contribution in [2.24, 2.45) is 0 Å². The number of hydrogen-bond donors (Lipinski definition) is 0. The molecule has 0 radical (unpaired) electrons. The zero-order valence-corrected chi connectivity index (χ0v) is 18.7. The number of hydrogen-bond acceptors (Lipinski definition) is 7. The normalized spacial score (nSPS) is 16.9. The number of rotatable bonds is 4. The number of nitrogens with zero attached hydrogens (tertiary/aromatic N) is 6. The second-order valence-electron chi connectivity index (χ2n) is 7.92. The van der Waals surface area contributed by atoms with Crippen LogP contribution in [0.3, 0.4) is 0 Å². The molecule has 0 bridgehead atoms. The summed E-state index contributed by atoms with van der Waals surface area (Å²) in [5.74, 6) is 0.946. The molecule has 0 saturated carbocycles. The van der Waals surface area contributed by atoms with Crippen LogP contribution in [0.25, 0.3) is 11.3 Å². The van der Waals surface area contributed by atoms with Gasteiger partial charge in [-0.05, 0) is 30.3 Å². The molecule has 1 aromatic carbocycles. The van der Waals surface area contributed by atoms with Gasteiger partial charge in [0.05, 0.1) is 23.9 Å². The standard InChI is InChI=1S/C23H23ClF2N6O/c24-17-14-16(3-4-18(17)25)20-15-21(29-23(28-20)32-10-12-33-13-11-32)30-6-8-31(9-7-30)22-19(26)2-1-5-27-22/h1-5,14-15H,6-13H2. The number of anilines is 3. The van der Waals surface area contributed by atoms with Gasteiger partial charge < -0.3 is 19.4 Å². The highest BCUT2D eigenvalue weighted by Gasteiger charge is 2.24. The molecule has 0 unspecified atom stereocenters. The Bertz CT molecular complexity index is 1140. The molecule has 4 heterocycles. The Balaban J connectivity index is 1.44. The summed E-state index contributed by atoms with van der Waals surface area (Å²) in [7, 11) is 0. The van der Waals surface area contributed by atoms with Gasteiger partial charge in [-0.25, -0.2) is 18.7 Å². The quantitative estimate of drug-likeness (QED) is 0.574. The van der Waals surface area contributed by atoms with E-state index in [4.69, 9.17) is 26.3 Å². The van der Waals surface area contributed by atoms with Crippen molar-refractivity contribution < 1.29 is 13.5 Å². The summed E-state index contributed by atoms with van der Waals surface area (Å²) in [6.45, 7) is 5.14. The van der Waals surface area contributed by atoms with E-state index >= 15 is 0 Å². The molecule has 0 spiro atoms. The van der Waals surface area contributed by atoms with Crippen LogP contribution in [0.4, 0.5) is 26.4 Å². The van der Waals surface area contributed by atoms with Gasteiger partial charge in [0.1, 0.15) is 11.6 Å². The van der Waals surface area contributed by atoms with Crippen LogP contribution in [0.5, 0.6) is 0 Å². The van der Waals surface area contributed by atoms with Crippen molar-refractivity contribution in [2.45, 2.75) is 0 Å². The van der Waals surface area contributed by atoms with Gasteiger partial charge in [0.25, 0.3) is 0 Å². The Labute approximate surface area is 195 Å². The SMILES string of the molecule is Fc1ccc(-c2cc(N3CCN(c4ncccc4F)CC3)nc(N3CCOCC3)n2)cc1Cl. The predicted octanol–water partition coefficient (Wildman–Crippen LogP) is 3.63. The van der Waals surface area contributed by atoms with Gasteiger partial charge in [0.2, 0.25) is 5.95 Å². The van der Waals surface area contributed by atoms with E-state index in [-0.39, 0.29) is 10.8 Å². The number of piperazine rings is 1. The molecule has 172 valence electrons. The third kappa shape index (κ3) is 4.69. The molecule has 0 aliphatic carbocycles. The lowest BCUT2D eigenvalue weighted by atomic mass is 10.1. The van der Waals surface area contributed by atoms with Crippen LogP contribution in [0.1, 0.15) is 0 Å². The molecule has 0 amide bonds. The zero-order chi connectivity index (χ0) is 22.8. The highest BCUT2D eigenvalue weighted by molar-refractivity contribution is 6.31. The van der Waals surface area contributed by atoms with Gasteiger partial charge in [0.15, 0.2) is 11.6 Å². The molecule has 3 aromatic rings. The van der Waals surface area contributed by atoms with Gasteiger partial charge in [-0.3, -0.25) is 0 Å². The van der Waals surface area contributed by atoms with Crippen LogP contribution in [0.2, 0.25) is 5.02 Å². The highest BCUT2D eigenvalue weighted by Crippen LogP contribution is 2.29. The first-order valence-electron chi connectivity index (χ1n) is 10.9. The molecule has 7 nitrogen and oxygen atoms in total. The van der Waals surface area contributed by atoms with E-state index in [1.165, 1.54) is 12.1 Å². The topological polar surface area (TPSA) is 57.6 Å². The average Bonchev–Trinajstić information content (AvgIpc) is 2.86. The molecular formula is C23H23ClF2N6O. The van der Waals surface area contributed by atoms with Gasteiger partial charge in [-0.15, -0.1) is 0 Å². The highest BCUT2D eigenvalue weighted by atomic mass is 35.5. The van der Waals surface area contributed by atoms with Crippen molar-refractivity contribution in [3.05, 3.63) is 59.3 Å². The molecule has 10 heteroatoms. The smallest absolute Gasteiger partial charge is 0.228 e. The Kier molecular flexibility index (Phi) is 6.24. The van der Waals surface area contributed by atoms with E-state index in [0.717, 1.165) is 5.82 Å². The van der Waals surface area contributed by atoms with E-state index in [2.05, 4.69) is 14.8 Å². The third-order valence-corrected chi connectivity index (χ3v) is 6.14. The molecule has 2 saturated heterocycles. The van der Waals surface area contributed by atoms with Crippen molar-refractivity contribution in [1.82, 2.24) is 15.0 Å². The Morgan fingerprint density at radius 3 is 2.30 bits per heavy atom. The summed E-state index contributed by atoms with van der Waals surface area (Å²) in [6.07, 6.45) is 1.60. The maximum Gasteiger partial charge on any atom is 0.228 e. The average molecular weight is 473 g/mol. The fraction of sp³-hybridized carbons (Fsp3) is 0.348. The van der Waals surface area contributed by atoms with Crippen LogP contribution in [-0.2, 0) is 4.74 Å². The van der Waals surface area contributed by atoms with Crippen molar-refractivity contribution in [1.29, 1.82) is 0 Å². The van der Waals surface area contributed by atoms with Crippen LogP contribution in [0.15, 0.2) is 42.6 Å². The van der Waals surface area contributed by atoms with Gasteiger partial charge in [-0.1, -0.05) is 11.6 Å². The van der Waals surface area contributed by atoms with Crippen LogP contribution >= 0.6 is 11.6 Å². The van der Waals surface area contributed by atoms with Crippen LogP contribution < -0.4 is 14.7 Å². The first-order chi connectivity index (χ1) is 16.1. The van der Waals surface area contributed by atoms with E-state index in [1.54, 1.807) is 24.4 Å². The van der Waals surface area contributed by atoms with Crippen molar-refractivity contribution >= 4 is 29.2 Å². The lowest BCUT2D eigenvalue weighted by Crippen LogP contribution is -2.47. The molecule has 2 aliphatic heterocycles. The number of morpholine rings is 1. The summed E-state index contributed by atoms with van der Waals surface area (Å²) >= 11 is 6.03. The second kappa shape index (κ2) is 9.44. The minimum atomic E-state index is -0.471. The largest absolute Gasteiger partial charge is 0.378 e. The minimum Gasteiger partial charge on any atom is -0.378 e. The molecule has 0 N–H and O–H groups in total. The summed E-state index contributed by atoms with van der Waals surface area (Å²) in [4.78, 5) is 19.9. The van der Waals surface area contributed by atoms with Gasteiger partial charge in [0, 0.05) is 57.1 Å². The molecule has 5 rings (SSSR count). The fourth-order valence-electron chi connectivity index (χ4n) is 4.05. The van der Waals surface area contributed by atoms with E-state index in [0.29, 0.717) is 75.5 Å². The molecule has 33 heavy (non-hydrogen) atoms. The van der Waals surface area contributed by atoms with Crippen LogP contribution in [0, 0.1) is 11.6 Å². The Morgan fingerprint density at radius 1 is 0.818 bits per heavy atom. The first-order valence-corrected chi connectivity index (χ1v) is 11.2. The third-order valence-electron chi connectivity index (χ3n) is 5.85. The number of halogens is 3. The van der Waals surface area contributed by atoms with Crippen LogP contribution in [-0.4, -0.2) is 67.4 Å². The maximum absolute atomic E-state index is 14.2. The zero-order valence-electron chi connectivity index (χ0n) is 17.9. The molecule has 2 fully saturated rings. The van der Waals surface area contributed by atoms with Gasteiger partial charge in [-0.2, -0.15) is 4.98 Å². The first kappa shape index (κ1) is 21.8. The number of benzene rings is 1. The molecule has 2 aromatic heterocycles. The van der Waals surface area contributed by atoms with Crippen molar-refractivity contribution in [2.75, 3.05) is 67.2 Å². The second-order valence-corrected chi connectivity index (χ2v) is 8.33. The summed E-state index contributed by atoms with van der Waals surface area (Å²) < 4.78 is 33.4. The van der Waals surface area contributed by atoms with Gasteiger partial charge >= 0.3 is 0 Å². The van der Waals surface area contributed by atoms with Crippen molar-refractivity contribution in [3.63, 3.8) is 0 Å². The number of aromatic nitrogens is 3. The summed E-state index contributed by atoms with van der Waals surface area (Å²) in [5.41, 5.74) is 1.38. The molecular weight excluding hydrogens is 450 g/mol. The minimum absolute atomic E-state index is 0.0478. The fourth-order valence-corrected chi connectivity index (χ4v) is 4.23. The maximum atomic E-state index is 14.2. The van der Waals surface area contributed by atoms with E-state index in [1.807, 2.05) is 11.0 Å². The lowest BCUT2D eigenvalue weighted by Gasteiger charge is -2.36. The monoisotopic (exact) mass is 472 g/mol. The predicted molar refractivity (Wildman–Crippen MR) is 124 cm³/mol. The lowest BCUT2D eigenvalue weighted by molar-refractivity contribution is 0.122. The van der Waals surface area contributed by atoms with Crippen molar-refractivity contribution in [3.8, 4) is 11.3 Å².